The summed E-state index contributed by atoms with van der Waals surface area (Å²) in [6.07, 6.45) is -3.56. The van der Waals surface area contributed by atoms with Crippen LogP contribution < -0.4 is 0 Å². The van der Waals surface area contributed by atoms with Crippen LogP contribution in [-0.2, 0) is 14.3 Å². The zero-order chi connectivity index (χ0) is 10.9. The van der Waals surface area contributed by atoms with E-state index in [1.54, 1.807) is 0 Å². The molecule has 0 aliphatic carbocycles. The van der Waals surface area contributed by atoms with Crippen LogP contribution in [0.15, 0.2) is 0 Å². The maximum absolute atomic E-state index is 11.7. The molecule has 3 saturated heterocycles. The van der Waals surface area contributed by atoms with E-state index >= 15 is 0 Å². The van der Waals surface area contributed by atoms with Gasteiger partial charge in [-0.2, -0.15) is 0 Å². The van der Waals surface area contributed by atoms with Gasteiger partial charge in [-0.25, -0.2) is 0 Å². The molecule has 15 heavy (non-hydrogen) atoms. The molecule has 6 heteroatoms. The van der Waals surface area contributed by atoms with Crippen molar-refractivity contribution in [2.45, 2.75) is 24.4 Å². The van der Waals surface area contributed by atoms with Crippen LogP contribution >= 0.6 is 0 Å². The Labute approximate surface area is 85.4 Å². The zero-order valence-electron chi connectivity index (χ0n) is 8.03. The van der Waals surface area contributed by atoms with Gasteiger partial charge in [0.25, 0.3) is 0 Å². The number of amides is 2. The molecule has 0 radical (unpaired) electrons. The minimum absolute atomic E-state index is 0.316. The third-order valence-electron chi connectivity index (χ3n) is 3.66. The van der Waals surface area contributed by atoms with Crippen LogP contribution in [0.4, 0.5) is 0 Å². The first kappa shape index (κ1) is 9.26. The fourth-order valence-corrected chi connectivity index (χ4v) is 2.88. The molecule has 3 aliphatic rings. The number of imide groups is 1. The summed E-state index contributed by atoms with van der Waals surface area (Å²) >= 11 is 0. The molecule has 3 aliphatic heterocycles. The van der Waals surface area contributed by atoms with Crippen LogP contribution in [0.25, 0.3) is 0 Å². The van der Waals surface area contributed by atoms with E-state index in [-0.39, 0.29) is 11.8 Å². The largest absolute Gasteiger partial charge is 0.388 e. The van der Waals surface area contributed by atoms with E-state index in [9.17, 15) is 19.8 Å². The average molecular weight is 213 g/mol. The Morgan fingerprint density at radius 3 is 1.87 bits per heavy atom. The maximum atomic E-state index is 11.7. The van der Waals surface area contributed by atoms with Crippen LogP contribution in [0.3, 0.4) is 0 Å². The topological polar surface area (TPSA) is 87.1 Å². The quantitative estimate of drug-likeness (QED) is 0.443. The van der Waals surface area contributed by atoms with Crippen molar-refractivity contribution < 1.29 is 24.5 Å². The van der Waals surface area contributed by atoms with Crippen molar-refractivity contribution in [2.75, 3.05) is 7.05 Å². The molecule has 0 spiro atoms. The number of aliphatic hydroxyl groups is 2. The van der Waals surface area contributed by atoms with Gasteiger partial charge in [-0.05, 0) is 0 Å². The lowest BCUT2D eigenvalue weighted by Gasteiger charge is -2.25. The molecule has 6 nitrogen and oxygen atoms in total. The highest BCUT2D eigenvalue weighted by molar-refractivity contribution is 6.06. The van der Waals surface area contributed by atoms with E-state index in [0.29, 0.717) is 0 Å². The van der Waals surface area contributed by atoms with E-state index in [1.807, 2.05) is 0 Å². The summed E-state index contributed by atoms with van der Waals surface area (Å²) in [4.78, 5) is 24.4. The molecule has 0 aromatic heterocycles. The van der Waals surface area contributed by atoms with Crippen LogP contribution in [-0.4, -0.2) is 58.4 Å². The number of rotatable bonds is 0. The van der Waals surface area contributed by atoms with Gasteiger partial charge in [0.05, 0.1) is 24.0 Å². The molecule has 0 saturated carbocycles. The van der Waals surface area contributed by atoms with Crippen molar-refractivity contribution in [3.05, 3.63) is 0 Å². The Balaban J connectivity index is 2.02. The number of nitrogens with zero attached hydrogens (tertiary/aromatic N) is 1. The van der Waals surface area contributed by atoms with E-state index in [4.69, 9.17) is 4.74 Å². The number of hydrogen-bond donors (Lipinski definition) is 2. The fraction of sp³-hybridized carbons (Fsp3) is 0.778. The Hall–Kier alpha value is -0.980. The van der Waals surface area contributed by atoms with Gasteiger partial charge in [0.1, 0.15) is 12.2 Å². The van der Waals surface area contributed by atoms with Gasteiger partial charge >= 0.3 is 0 Å². The van der Waals surface area contributed by atoms with Crippen LogP contribution in [0.1, 0.15) is 0 Å². The predicted molar refractivity (Wildman–Crippen MR) is 45.4 cm³/mol. The highest BCUT2D eigenvalue weighted by atomic mass is 16.6. The van der Waals surface area contributed by atoms with E-state index < -0.39 is 36.3 Å². The van der Waals surface area contributed by atoms with Crippen molar-refractivity contribution in [1.82, 2.24) is 4.90 Å². The van der Waals surface area contributed by atoms with Crippen molar-refractivity contribution in [3.8, 4) is 0 Å². The van der Waals surface area contributed by atoms with Crippen molar-refractivity contribution in [2.24, 2.45) is 11.8 Å². The Morgan fingerprint density at radius 2 is 1.47 bits per heavy atom. The van der Waals surface area contributed by atoms with Gasteiger partial charge in [-0.15, -0.1) is 0 Å². The molecule has 2 N–H and O–H groups in total. The molecule has 6 atom stereocenters. The lowest BCUT2D eigenvalue weighted by atomic mass is 9.78. The van der Waals surface area contributed by atoms with Crippen LogP contribution in [0, 0.1) is 11.8 Å². The second-order valence-electron chi connectivity index (χ2n) is 4.33. The second-order valence-corrected chi connectivity index (χ2v) is 4.33. The van der Waals surface area contributed by atoms with Crippen molar-refractivity contribution in [1.29, 1.82) is 0 Å². The lowest BCUT2D eigenvalue weighted by Crippen LogP contribution is -2.47. The third-order valence-corrected chi connectivity index (χ3v) is 3.66. The highest BCUT2D eigenvalue weighted by Crippen LogP contribution is 2.48. The molecule has 3 heterocycles. The number of carbonyl (C=O) groups excluding carboxylic acids is 2. The second kappa shape index (κ2) is 2.58. The van der Waals surface area contributed by atoms with E-state index in [2.05, 4.69) is 0 Å². The first-order valence-electron chi connectivity index (χ1n) is 4.87. The lowest BCUT2D eigenvalue weighted by molar-refractivity contribution is -0.141. The maximum Gasteiger partial charge on any atom is 0.235 e. The summed E-state index contributed by atoms with van der Waals surface area (Å²) in [6.45, 7) is 0. The minimum atomic E-state index is -1.06. The fourth-order valence-electron chi connectivity index (χ4n) is 2.88. The molecule has 3 fully saturated rings. The summed E-state index contributed by atoms with van der Waals surface area (Å²) in [7, 11) is 1.42. The highest BCUT2D eigenvalue weighted by Gasteiger charge is 2.68. The van der Waals surface area contributed by atoms with E-state index in [1.165, 1.54) is 7.05 Å². The van der Waals surface area contributed by atoms with Gasteiger partial charge < -0.3 is 14.9 Å². The average Bonchev–Trinajstić information content (AvgIpc) is 2.79. The SMILES string of the molecule is CN1C(=O)[C@@H]2[C@@H]3O[C@@H]([C@@H](O)[C@H]3O)[C@@H]2C1=O. The van der Waals surface area contributed by atoms with Crippen molar-refractivity contribution >= 4 is 11.8 Å². The summed E-state index contributed by atoms with van der Waals surface area (Å²) in [5, 5.41) is 19.1. The van der Waals surface area contributed by atoms with Crippen LogP contribution in [0.5, 0.6) is 0 Å². The number of likely N-dealkylation sites (tertiary alicyclic amines) is 1. The minimum Gasteiger partial charge on any atom is -0.388 e. The van der Waals surface area contributed by atoms with Crippen molar-refractivity contribution in [3.63, 3.8) is 0 Å². The number of hydrogen-bond acceptors (Lipinski definition) is 5. The monoisotopic (exact) mass is 213 g/mol. The molecule has 2 amide bonds. The molecule has 2 bridgehead atoms. The third kappa shape index (κ3) is 0.854. The summed E-state index contributed by atoms with van der Waals surface area (Å²) in [5.74, 6) is -1.84. The Morgan fingerprint density at radius 1 is 1.07 bits per heavy atom. The van der Waals surface area contributed by atoms with E-state index in [0.717, 1.165) is 4.90 Å². The molecular weight excluding hydrogens is 202 g/mol. The number of aliphatic hydroxyl groups excluding tert-OH is 2. The normalized spacial score (nSPS) is 52.9. The smallest absolute Gasteiger partial charge is 0.235 e. The first-order valence-corrected chi connectivity index (χ1v) is 4.87. The van der Waals surface area contributed by atoms with Gasteiger partial charge in [0.15, 0.2) is 0 Å². The standard InChI is InChI=1S/C9H11NO5/c1-10-8(13)2-3(9(10)14)7-5(12)4(11)6(2)15-7/h2-7,11-12H,1H3/t2-,3+,4+,5-,6-,7+. The molecular formula is C9H11NO5. The molecule has 0 unspecified atom stereocenters. The predicted octanol–water partition coefficient (Wildman–Crippen LogP) is -2.28. The Kier molecular flexibility index (Phi) is 1.59. The number of ether oxygens (including phenoxy) is 1. The molecule has 0 aromatic rings. The number of carbonyl (C=O) groups is 2. The molecule has 82 valence electrons. The Bertz CT molecular complexity index is 324. The summed E-state index contributed by atoms with van der Waals surface area (Å²) < 4.78 is 5.28. The summed E-state index contributed by atoms with van der Waals surface area (Å²) in [5.41, 5.74) is 0. The molecule has 0 aromatic carbocycles. The van der Waals surface area contributed by atoms with Crippen LogP contribution in [0.2, 0.25) is 0 Å². The van der Waals surface area contributed by atoms with Gasteiger partial charge in [-0.3, -0.25) is 14.5 Å². The zero-order valence-corrected chi connectivity index (χ0v) is 8.03. The van der Waals surface area contributed by atoms with Gasteiger partial charge in [-0.1, -0.05) is 0 Å². The first-order chi connectivity index (χ1) is 7.04. The molecule has 3 rings (SSSR count). The van der Waals surface area contributed by atoms with Gasteiger partial charge in [0, 0.05) is 7.05 Å². The summed E-state index contributed by atoms with van der Waals surface area (Å²) in [6, 6.07) is 0. The number of fused-ring (bicyclic) bond motifs is 5. The van der Waals surface area contributed by atoms with Gasteiger partial charge in [0.2, 0.25) is 11.8 Å².